The highest BCUT2D eigenvalue weighted by Gasteiger charge is 2.10. The number of rotatable bonds is 4. The fourth-order valence-corrected chi connectivity index (χ4v) is 4.79. The van der Waals surface area contributed by atoms with Crippen molar-refractivity contribution in [3.05, 3.63) is 137 Å². The maximum atomic E-state index is 9.36. The van der Waals surface area contributed by atoms with Crippen LogP contribution in [-0.4, -0.2) is 5.71 Å². The molecule has 0 radical (unpaired) electrons. The van der Waals surface area contributed by atoms with Gasteiger partial charge in [-0.2, -0.15) is 5.26 Å². The maximum Gasteiger partial charge on any atom is 0.0991 e. The van der Waals surface area contributed by atoms with Crippen LogP contribution in [0, 0.1) is 30.2 Å². The molecule has 0 unspecified atom stereocenters. The highest BCUT2D eigenvalue weighted by molar-refractivity contribution is 6.05. The monoisotopic (exact) mass is 500 g/mol. The molecule has 0 aliphatic carbocycles. The molecule has 0 N–H and O–H groups in total. The quantitative estimate of drug-likeness (QED) is 0.179. The van der Waals surface area contributed by atoms with Crippen molar-refractivity contribution >= 4 is 22.6 Å². The van der Waals surface area contributed by atoms with E-state index >= 15 is 0 Å². The van der Waals surface area contributed by atoms with Gasteiger partial charge in [0.15, 0.2) is 0 Å². The Morgan fingerprint density at radius 1 is 0.744 bits per heavy atom. The highest BCUT2D eigenvalue weighted by Crippen LogP contribution is 2.36. The first-order valence-corrected chi connectivity index (χ1v) is 13.0. The predicted molar refractivity (Wildman–Crippen MR) is 165 cm³/mol. The number of aliphatic imine (C=N–C) groups is 1. The number of nitrogens with zero attached hydrogens (tertiary/aromatic N) is 2. The van der Waals surface area contributed by atoms with E-state index in [9.17, 15) is 5.26 Å². The minimum atomic E-state index is 0.658. The van der Waals surface area contributed by atoms with E-state index in [4.69, 9.17) is 0 Å². The molecule has 0 saturated carbocycles. The van der Waals surface area contributed by atoms with Crippen LogP contribution in [0.4, 0.5) is 0 Å². The second-order valence-electron chi connectivity index (χ2n) is 9.49. The number of nitriles is 1. The molecule has 5 aromatic rings. The van der Waals surface area contributed by atoms with Gasteiger partial charge in [-0.3, -0.25) is 0 Å². The molecule has 0 aliphatic heterocycles. The molecule has 5 rings (SSSR count). The summed E-state index contributed by atoms with van der Waals surface area (Å²) in [6.45, 7) is 6.13. The number of fused-ring (bicyclic) bond motifs is 1. The third kappa shape index (κ3) is 5.57. The molecular weight excluding hydrogens is 472 g/mol. The van der Waals surface area contributed by atoms with Crippen molar-refractivity contribution in [2.45, 2.75) is 20.8 Å². The molecule has 2 nitrogen and oxygen atoms in total. The maximum absolute atomic E-state index is 9.36. The van der Waals surface area contributed by atoms with Crippen LogP contribution in [0.3, 0.4) is 0 Å². The van der Waals surface area contributed by atoms with E-state index in [1.807, 2.05) is 50.3 Å². The zero-order chi connectivity index (χ0) is 27.2. The predicted octanol–water partition coefficient (Wildman–Crippen LogP) is 9.21. The van der Waals surface area contributed by atoms with E-state index in [-0.39, 0.29) is 0 Å². The van der Waals surface area contributed by atoms with Gasteiger partial charge in [-0.25, -0.2) is 4.99 Å². The lowest BCUT2D eigenvalue weighted by Gasteiger charge is -2.12. The summed E-state index contributed by atoms with van der Waals surface area (Å²) in [5, 5.41) is 11.7. The van der Waals surface area contributed by atoms with Crippen molar-refractivity contribution in [3.8, 4) is 40.3 Å². The molecule has 2 heteroatoms. The summed E-state index contributed by atoms with van der Waals surface area (Å²) >= 11 is 0. The summed E-state index contributed by atoms with van der Waals surface area (Å²) in [5.74, 6) is 3.22. The summed E-state index contributed by atoms with van der Waals surface area (Å²) in [5.41, 5.74) is 10.4. The van der Waals surface area contributed by atoms with E-state index in [2.05, 4.69) is 109 Å². The first-order valence-electron chi connectivity index (χ1n) is 13.0. The van der Waals surface area contributed by atoms with E-state index in [1.54, 1.807) is 0 Å². The van der Waals surface area contributed by atoms with Gasteiger partial charge in [0.1, 0.15) is 0 Å². The fourth-order valence-electron chi connectivity index (χ4n) is 4.79. The van der Waals surface area contributed by atoms with Gasteiger partial charge in [0, 0.05) is 11.6 Å². The average molecular weight is 501 g/mol. The van der Waals surface area contributed by atoms with E-state index in [1.165, 1.54) is 11.1 Å². The van der Waals surface area contributed by atoms with Crippen LogP contribution >= 0.6 is 0 Å². The van der Waals surface area contributed by atoms with Gasteiger partial charge in [0.25, 0.3) is 0 Å². The molecule has 0 fully saturated rings. The third-order valence-corrected chi connectivity index (χ3v) is 6.87. The van der Waals surface area contributed by atoms with Gasteiger partial charge in [-0.15, -0.1) is 0 Å². The lowest BCUT2D eigenvalue weighted by atomic mass is 9.91. The van der Waals surface area contributed by atoms with Crippen molar-refractivity contribution in [1.29, 1.82) is 5.26 Å². The summed E-state index contributed by atoms with van der Waals surface area (Å²) in [4.78, 5) is 4.54. The minimum Gasteiger partial charge on any atom is -0.202 e. The van der Waals surface area contributed by atoms with Crippen LogP contribution in [0.15, 0.2) is 114 Å². The van der Waals surface area contributed by atoms with Crippen molar-refractivity contribution < 1.29 is 0 Å². The molecule has 0 amide bonds. The third-order valence-electron chi connectivity index (χ3n) is 6.87. The van der Waals surface area contributed by atoms with Crippen molar-refractivity contribution in [2.75, 3.05) is 0 Å². The van der Waals surface area contributed by atoms with Crippen LogP contribution in [0.1, 0.15) is 41.7 Å². The molecule has 186 valence electrons. The van der Waals surface area contributed by atoms with Crippen molar-refractivity contribution in [2.24, 2.45) is 4.99 Å². The number of allylic oxidation sites excluding steroid dienone is 1. The van der Waals surface area contributed by atoms with Gasteiger partial charge < -0.3 is 0 Å². The fraction of sp³-hybridized carbons (Fsp3) is 0.0811. The molecule has 39 heavy (non-hydrogen) atoms. The number of hydrogen-bond acceptors (Lipinski definition) is 2. The summed E-state index contributed by atoms with van der Waals surface area (Å²) in [7, 11) is 0. The molecular formula is C37H28N2. The number of benzene rings is 5. The molecule has 5 aromatic carbocycles. The van der Waals surface area contributed by atoms with Crippen LogP contribution in [0.2, 0.25) is 0 Å². The molecule has 0 saturated heterocycles. The van der Waals surface area contributed by atoms with Gasteiger partial charge >= 0.3 is 0 Å². The largest absolute Gasteiger partial charge is 0.202 e. The lowest BCUT2D eigenvalue weighted by molar-refractivity contribution is 1.42. The summed E-state index contributed by atoms with van der Waals surface area (Å²) in [6.07, 6.45) is 4.16. The molecule has 0 aliphatic rings. The molecule has 0 heterocycles. The zero-order valence-electron chi connectivity index (χ0n) is 22.4. The Hall–Kier alpha value is -5.18. The van der Waals surface area contributed by atoms with Gasteiger partial charge in [-0.05, 0) is 107 Å². The van der Waals surface area contributed by atoms with Crippen LogP contribution in [0.25, 0.3) is 39.1 Å². The van der Waals surface area contributed by atoms with E-state index in [0.717, 1.165) is 49.9 Å². The average Bonchev–Trinajstić information content (AvgIpc) is 2.98. The minimum absolute atomic E-state index is 0.658. The Labute approximate surface area is 230 Å². The Kier molecular flexibility index (Phi) is 7.49. The molecule has 0 bridgehead atoms. The zero-order valence-corrected chi connectivity index (χ0v) is 22.4. The van der Waals surface area contributed by atoms with Crippen LogP contribution in [-0.2, 0) is 0 Å². The second kappa shape index (κ2) is 11.5. The first kappa shape index (κ1) is 25.5. The lowest BCUT2D eigenvalue weighted by Crippen LogP contribution is -1.95. The van der Waals surface area contributed by atoms with E-state index < -0.39 is 0 Å². The molecule has 0 aromatic heterocycles. The normalized spacial score (nSPS) is 11.3. The second-order valence-corrected chi connectivity index (χ2v) is 9.49. The highest BCUT2D eigenvalue weighted by atomic mass is 14.7. The van der Waals surface area contributed by atoms with E-state index in [0.29, 0.717) is 5.56 Å². The van der Waals surface area contributed by atoms with Gasteiger partial charge in [0.05, 0.1) is 17.3 Å². The van der Waals surface area contributed by atoms with Crippen LogP contribution < -0.4 is 0 Å². The SMILES string of the molecule is C/C=C\c1cc(/C(C)=N/C#Cc2cccc(-c3ccc(-c4cccc(C#N)c4)c4ccccc34)c2)ccc1C. The van der Waals surface area contributed by atoms with Gasteiger partial charge in [-0.1, -0.05) is 84.9 Å². The van der Waals surface area contributed by atoms with Gasteiger partial charge in [0.2, 0.25) is 0 Å². The summed E-state index contributed by atoms with van der Waals surface area (Å²) < 4.78 is 0. The Balaban J connectivity index is 1.48. The Morgan fingerprint density at radius 2 is 1.38 bits per heavy atom. The Bertz CT molecular complexity index is 1850. The van der Waals surface area contributed by atoms with Crippen molar-refractivity contribution in [3.63, 3.8) is 0 Å². The molecule has 0 atom stereocenters. The van der Waals surface area contributed by atoms with Crippen LogP contribution in [0.5, 0.6) is 0 Å². The number of aryl methyl sites for hydroxylation is 1. The smallest absolute Gasteiger partial charge is 0.0991 e. The topological polar surface area (TPSA) is 36.1 Å². The molecule has 0 spiro atoms. The first-order chi connectivity index (χ1) is 19.1. The standard InChI is InChI=1S/C37H28N2/c1-4-9-30-24-31(17-16-26(30)2)27(3)39-21-20-28-10-7-12-32(22-28)34-18-19-35(37-15-6-5-14-36(34)37)33-13-8-11-29(23-33)25-38/h4-19,22-24H,1-3H3/b9-4-,39-27+. The Morgan fingerprint density at radius 3 is 2.03 bits per heavy atom. The summed E-state index contributed by atoms with van der Waals surface area (Å²) in [6, 6.07) is 40.4. The van der Waals surface area contributed by atoms with Crippen molar-refractivity contribution in [1.82, 2.24) is 0 Å². The number of hydrogen-bond donors (Lipinski definition) is 0.